The molecule has 0 amide bonds. The summed E-state index contributed by atoms with van der Waals surface area (Å²) in [4.78, 5) is 17.5. The second kappa shape index (κ2) is 6.85. The monoisotopic (exact) mass is 289 g/mol. The van der Waals surface area contributed by atoms with E-state index < -0.39 is 0 Å². The number of imidazole rings is 1. The number of nitrogens with one attached hydrogen (secondary N) is 3. The lowest BCUT2D eigenvalue weighted by atomic mass is 10.00. The predicted molar refractivity (Wildman–Crippen MR) is 83.4 cm³/mol. The van der Waals surface area contributed by atoms with E-state index in [9.17, 15) is 0 Å². The van der Waals surface area contributed by atoms with Gasteiger partial charge in [0, 0.05) is 13.0 Å². The number of piperidine rings is 1. The van der Waals surface area contributed by atoms with E-state index >= 15 is 0 Å². The average Bonchev–Trinajstić information content (AvgIpc) is 3.01. The zero-order valence-corrected chi connectivity index (χ0v) is 12.7. The number of aromatic amines is 1. The van der Waals surface area contributed by atoms with Crippen LogP contribution in [0.25, 0.3) is 11.2 Å². The zero-order chi connectivity index (χ0) is 14.5. The molecule has 1 aliphatic heterocycles. The highest BCUT2D eigenvalue weighted by molar-refractivity contribution is 5.81. The minimum Gasteiger partial charge on any atom is -0.368 e. The fourth-order valence-corrected chi connectivity index (χ4v) is 3.39. The van der Waals surface area contributed by atoms with Crippen LogP contribution in [-0.4, -0.2) is 45.6 Å². The molecular formula is C15H25N6+. The first-order chi connectivity index (χ1) is 10.4. The maximum Gasteiger partial charge on any atom is 0.182 e. The minimum atomic E-state index is 0.722. The lowest BCUT2D eigenvalue weighted by Gasteiger charge is -2.32. The molecule has 0 saturated carbocycles. The van der Waals surface area contributed by atoms with Gasteiger partial charge in [0.25, 0.3) is 0 Å². The van der Waals surface area contributed by atoms with Gasteiger partial charge in [-0.25, -0.2) is 15.0 Å². The van der Waals surface area contributed by atoms with Gasteiger partial charge in [0.05, 0.1) is 25.5 Å². The standard InChI is InChI=1S/C15H24N6/c1-2-12-6-3-4-8-21(12)9-5-7-16-14-13-15(18-10-17-13)20-11-19-14/h10-12H,2-9H2,1H3,(H2,16,17,18,19,20)/p+1/t12-/m0/s1. The summed E-state index contributed by atoms with van der Waals surface area (Å²) in [5.41, 5.74) is 1.62. The summed E-state index contributed by atoms with van der Waals surface area (Å²) in [6, 6.07) is 0.872. The number of hydrogen-bond donors (Lipinski definition) is 3. The van der Waals surface area contributed by atoms with E-state index in [1.54, 1.807) is 17.6 Å². The van der Waals surface area contributed by atoms with Crippen LogP contribution in [0.15, 0.2) is 12.7 Å². The largest absolute Gasteiger partial charge is 0.368 e. The number of rotatable bonds is 6. The summed E-state index contributed by atoms with van der Waals surface area (Å²) >= 11 is 0. The smallest absolute Gasteiger partial charge is 0.182 e. The van der Waals surface area contributed by atoms with Crippen LogP contribution in [0.3, 0.4) is 0 Å². The van der Waals surface area contributed by atoms with Gasteiger partial charge in [0.2, 0.25) is 0 Å². The summed E-state index contributed by atoms with van der Waals surface area (Å²) in [6.45, 7) is 5.87. The Hall–Kier alpha value is -1.69. The Bertz CT molecular complexity index is 566. The van der Waals surface area contributed by atoms with Gasteiger partial charge in [0.1, 0.15) is 11.8 Å². The Kier molecular flexibility index (Phi) is 4.65. The van der Waals surface area contributed by atoms with Gasteiger partial charge in [-0.3, -0.25) is 0 Å². The van der Waals surface area contributed by atoms with E-state index in [1.807, 2.05) is 0 Å². The summed E-state index contributed by atoms with van der Waals surface area (Å²) < 4.78 is 0. The van der Waals surface area contributed by atoms with Gasteiger partial charge in [-0.05, 0) is 25.7 Å². The predicted octanol–water partition coefficient (Wildman–Crippen LogP) is 1.00. The molecule has 0 aliphatic carbocycles. The highest BCUT2D eigenvalue weighted by Crippen LogP contribution is 2.13. The molecule has 3 heterocycles. The highest BCUT2D eigenvalue weighted by atomic mass is 15.2. The quantitative estimate of drug-likeness (QED) is 0.694. The van der Waals surface area contributed by atoms with E-state index in [2.05, 4.69) is 32.2 Å². The van der Waals surface area contributed by atoms with Crippen LogP contribution >= 0.6 is 0 Å². The van der Waals surface area contributed by atoms with Crippen LogP contribution in [0.5, 0.6) is 0 Å². The first kappa shape index (κ1) is 14.3. The van der Waals surface area contributed by atoms with Gasteiger partial charge < -0.3 is 15.2 Å². The summed E-state index contributed by atoms with van der Waals surface area (Å²) in [5.74, 6) is 0.859. The Morgan fingerprint density at radius 1 is 1.33 bits per heavy atom. The Labute approximate surface area is 125 Å². The third kappa shape index (κ3) is 3.32. The third-order valence-electron chi connectivity index (χ3n) is 4.56. The number of likely N-dealkylation sites (tertiary alicyclic amines) is 1. The van der Waals surface area contributed by atoms with Crippen LogP contribution in [0.2, 0.25) is 0 Å². The maximum absolute atomic E-state index is 4.29. The number of fused-ring (bicyclic) bond motifs is 1. The van der Waals surface area contributed by atoms with Crippen molar-refractivity contribution in [3.8, 4) is 0 Å². The van der Waals surface area contributed by atoms with Gasteiger partial charge in [-0.1, -0.05) is 6.92 Å². The second-order valence-electron chi connectivity index (χ2n) is 5.86. The van der Waals surface area contributed by atoms with E-state index in [0.29, 0.717) is 0 Å². The minimum absolute atomic E-state index is 0.722. The van der Waals surface area contributed by atoms with Crippen LogP contribution in [-0.2, 0) is 0 Å². The molecule has 2 aromatic rings. The van der Waals surface area contributed by atoms with Crippen molar-refractivity contribution >= 4 is 17.0 Å². The average molecular weight is 289 g/mol. The summed E-state index contributed by atoms with van der Waals surface area (Å²) in [7, 11) is 0. The Balaban J connectivity index is 1.49. The molecule has 0 spiro atoms. The van der Waals surface area contributed by atoms with Crippen molar-refractivity contribution < 1.29 is 4.90 Å². The number of quaternary nitrogens is 1. The molecule has 6 nitrogen and oxygen atoms in total. The second-order valence-corrected chi connectivity index (χ2v) is 5.86. The fourth-order valence-electron chi connectivity index (χ4n) is 3.39. The molecule has 21 heavy (non-hydrogen) atoms. The number of H-pyrrole nitrogens is 1. The Morgan fingerprint density at radius 2 is 2.29 bits per heavy atom. The van der Waals surface area contributed by atoms with E-state index in [-0.39, 0.29) is 0 Å². The third-order valence-corrected chi connectivity index (χ3v) is 4.56. The van der Waals surface area contributed by atoms with E-state index in [1.165, 1.54) is 45.2 Å². The van der Waals surface area contributed by atoms with Crippen molar-refractivity contribution in [3.05, 3.63) is 12.7 Å². The highest BCUT2D eigenvalue weighted by Gasteiger charge is 2.23. The van der Waals surface area contributed by atoms with E-state index in [4.69, 9.17) is 0 Å². The van der Waals surface area contributed by atoms with Crippen LogP contribution in [0, 0.1) is 0 Å². The molecule has 0 aromatic carbocycles. The van der Waals surface area contributed by atoms with Crippen molar-refractivity contribution in [2.75, 3.05) is 25.0 Å². The molecule has 3 rings (SSSR count). The first-order valence-electron chi connectivity index (χ1n) is 8.11. The molecule has 0 bridgehead atoms. The van der Waals surface area contributed by atoms with Crippen LogP contribution in [0.1, 0.15) is 39.0 Å². The van der Waals surface area contributed by atoms with Crippen molar-refractivity contribution in [1.82, 2.24) is 19.9 Å². The molecule has 1 unspecified atom stereocenters. The molecule has 2 aromatic heterocycles. The first-order valence-corrected chi connectivity index (χ1v) is 8.11. The Morgan fingerprint density at radius 3 is 3.19 bits per heavy atom. The number of hydrogen-bond acceptors (Lipinski definition) is 4. The SMILES string of the molecule is CC[C@H]1CCCC[NH+]1CCCNc1ncnc2nc[nH]c12. The molecule has 1 fully saturated rings. The summed E-state index contributed by atoms with van der Waals surface area (Å²) in [6.07, 6.45) is 9.91. The summed E-state index contributed by atoms with van der Waals surface area (Å²) in [5, 5.41) is 3.41. The molecule has 1 aliphatic rings. The number of aromatic nitrogens is 4. The maximum atomic E-state index is 4.29. The number of nitrogens with zero attached hydrogens (tertiary/aromatic N) is 3. The van der Waals surface area contributed by atoms with Gasteiger partial charge in [-0.15, -0.1) is 0 Å². The molecule has 114 valence electrons. The van der Waals surface area contributed by atoms with Gasteiger partial charge in [0.15, 0.2) is 11.5 Å². The van der Waals surface area contributed by atoms with Gasteiger partial charge >= 0.3 is 0 Å². The normalized spacial score (nSPS) is 22.5. The fraction of sp³-hybridized carbons (Fsp3) is 0.667. The van der Waals surface area contributed by atoms with E-state index in [0.717, 1.165) is 29.6 Å². The molecule has 3 N–H and O–H groups in total. The van der Waals surface area contributed by atoms with Crippen molar-refractivity contribution in [3.63, 3.8) is 0 Å². The molecule has 0 radical (unpaired) electrons. The van der Waals surface area contributed by atoms with Crippen molar-refractivity contribution in [2.45, 2.75) is 45.1 Å². The number of anilines is 1. The lowest BCUT2D eigenvalue weighted by Crippen LogP contribution is -3.16. The van der Waals surface area contributed by atoms with Crippen molar-refractivity contribution in [2.24, 2.45) is 0 Å². The zero-order valence-electron chi connectivity index (χ0n) is 12.7. The van der Waals surface area contributed by atoms with Crippen LogP contribution < -0.4 is 10.2 Å². The van der Waals surface area contributed by atoms with Crippen LogP contribution in [0.4, 0.5) is 5.82 Å². The van der Waals surface area contributed by atoms with Gasteiger partial charge in [-0.2, -0.15) is 0 Å². The molecular weight excluding hydrogens is 264 g/mol. The molecule has 6 heteroatoms. The lowest BCUT2D eigenvalue weighted by molar-refractivity contribution is -0.930. The molecule has 2 atom stereocenters. The topological polar surface area (TPSA) is 70.9 Å². The molecule has 1 saturated heterocycles. The van der Waals surface area contributed by atoms with Crippen molar-refractivity contribution in [1.29, 1.82) is 0 Å².